The summed E-state index contributed by atoms with van der Waals surface area (Å²) in [4.78, 5) is 14.2. The number of carbonyl (C=O) groups is 1. The van der Waals surface area contributed by atoms with Crippen LogP contribution in [0, 0.1) is 0 Å². The molecule has 0 unspecified atom stereocenters. The van der Waals surface area contributed by atoms with Crippen LogP contribution in [0.2, 0.25) is 0 Å². The second-order valence-electron chi connectivity index (χ2n) is 4.92. The van der Waals surface area contributed by atoms with Crippen LogP contribution in [-0.2, 0) is 0 Å². The molecule has 1 amide bonds. The molecule has 0 aliphatic carbocycles. The van der Waals surface area contributed by atoms with E-state index in [1.165, 1.54) is 0 Å². The Bertz CT molecular complexity index is 589. The zero-order valence-corrected chi connectivity index (χ0v) is 11.0. The Balaban J connectivity index is 1.80. The van der Waals surface area contributed by atoms with E-state index in [2.05, 4.69) is 10.3 Å². The second-order valence-corrected chi connectivity index (χ2v) is 4.92. The highest BCUT2D eigenvalue weighted by Crippen LogP contribution is 2.16. The minimum atomic E-state index is -0.277. The Hall–Kier alpha value is -2.21. The first kappa shape index (κ1) is 12.8. The van der Waals surface area contributed by atoms with E-state index in [-0.39, 0.29) is 12.0 Å². The number of nitrogens with zero attached hydrogens (tertiary/aromatic N) is 4. The Labute approximate surface area is 116 Å². The van der Waals surface area contributed by atoms with Crippen LogP contribution >= 0.6 is 0 Å². The average molecular weight is 272 g/mol. The Kier molecular flexibility index (Phi) is 3.47. The monoisotopic (exact) mass is 272 g/mol. The quantitative estimate of drug-likeness (QED) is 0.880. The minimum Gasteiger partial charge on any atom is -0.393 e. The third-order valence-electron chi connectivity index (χ3n) is 3.53. The average Bonchev–Trinajstić information content (AvgIpc) is 3.02. The normalized spacial score (nSPS) is 16.4. The van der Waals surface area contributed by atoms with Gasteiger partial charge in [-0.1, -0.05) is 11.3 Å². The van der Waals surface area contributed by atoms with Gasteiger partial charge in [0.05, 0.1) is 24.2 Å². The van der Waals surface area contributed by atoms with Crippen molar-refractivity contribution < 1.29 is 9.90 Å². The molecule has 0 atom stereocenters. The number of piperidine rings is 1. The number of aromatic nitrogens is 3. The first-order chi connectivity index (χ1) is 9.74. The molecule has 104 valence electrons. The SMILES string of the molecule is O=C(c1cccc(-n2ccnn2)c1)N1CCC(O)CC1. The summed E-state index contributed by atoms with van der Waals surface area (Å²) in [5.41, 5.74) is 1.44. The van der Waals surface area contributed by atoms with E-state index in [0.717, 1.165) is 5.69 Å². The molecule has 1 aromatic heterocycles. The highest BCUT2D eigenvalue weighted by Gasteiger charge is 2.22. The van der Waals surface area contributed by atoms with Crippen molar-refractivity contribution in [1.82, 2.24) is 19.9 Å². The fourth-order valence-corrected chi connectivity index (χ4v) is 2.38. The minimum absolute atomic E-state index is 0.00105. The van der Waals surface area contributed by atoms with Gasteiger partial charge in [-0.2, -0.15) is 0 Å². The number of hydrogen-bond donors (Lipinski definition) is 1. The summed E-state index contributed by atoms with van der Waals surface area (Å²) in [6.45, 7) is 1.21. The maximum Gasteiger partial charge on any atom is 0.253 e. The molecule has 2 heterocycles. The van der Waals surface area contributed by atoms with Crippen molar-refractivity contribution in [2.24, 2.45) is 0 Å². The molecule has 1 aliphatic rings. The lowest BCUT2D eigenvalue weighted by atomic mass is 10.1. The lowest BCUT2D eigenvalue weighted by Gasteiger charge is -2.29. The van der Waals surface area contributed by atoms with Gasteiger partial charge in [0.2, 0.25) is 0 Å². The van der Waals surface area contributed by atoms with Gasteiger partial charge in [-0.25, -0.2) is 4.68 Å². The van der Waals surface area contributed by atoms with Crippen LogP contribution in [0.3, 0.4) is 0 Å². The van der Waals surface area contributed by atoms with Gasteiger partial charge in [0.1, 0.15) is 0 Å². The molecule has 0 saturated carbocycles. The number of benzene rings is 1. The molecule has 2 aromatic rings. The molecule has 6 heteroatoms. The highest BCUT2D eigenvalue weighted by molar-refractivity contribution is 5.94. The first-order valence-corrected chi connectivity index (χ1v) is 6.68. The zero-order chi connectivity index (χ0) is 13.9. The van der Waals surface area contributed by atoms with Crippen LogP contribution in [0.5, 0.6) is 0 Å². The van der Waals surface area contributed by atoms with Crippen molar-refractivity contribution in [3.8, 4) is 5.69 Å². The maximum absolute atomic E-state index is 12.4. The van der Waals surface area contributed by atoms with Crippen molar-refractivity contribution in [2.75, 3.05) is 13.1 Å². The van der Waals surface area contributed by atoms with Gasteiger partial charge in [-0.05, 0) is 31.0 Å². The van der Waals surface area contributed by atoms with Gasteiger partial charge in [0.15, 0.2) is 0 Å². The molecule has 1 saturated heterocycles. The van der Waals surface area contributed by atoms with Gasteiger partial charge in [0, 0.05) is 18.7 Å². The molecule has 0 radical (unpaired) electrons. The van der Waals surface area contributed by atoms with E-state index in [1.807, 2.05) is 18.2 Å². The van der Waals surface area contributed by atoms with E-state index in [9.17, 15) is 9.90 Å². The third kappa shape index (κ3) is 2.55. The Morgan fingerprint density at radius 1 is 1.30 bits per heavy atom. The van der Waals surface area contributed by atoms with E-state index >= 15 is 0 Å². The molecule has 1 N–H and O–H groups in total. The molecule has 3 rings (SSSR count). The summed E-state index contributed by atoms with van der Waals surface area (Å²) in [6.07, 6.45) is 4.35. The molecule has 6 nitrogen and oxygen atoms in total. The maximum atomic E-state index is 12.4. The molecule has 0 bridgehead atoms. The predicted molar refractivity (Wildman–Crippen MR) is 72.5 cm³/mol. The van der Waals surface area contributed by atoms with E-state index in [4.69, 9.17) is 0 Å². The predicted octanol–water partition coefficient (Wildman–Crippen LogP) is 0.864. The van der Waals surface area contributed by atoms with Crippen molar-refractivity contribution in [3.05, 3.63) is 42.2 Å². The molecule has 1 fully saturated rings. The molecular weight excluding hydrogens is 256 g/mol. The van der Waals surface area contributed by atoms with Crippen LogP contribution < -0.4 is 0 Å². The van der Waals surface area contributed by atoms with E-state index in [1.54, 1.807) is 28.0 Å². The van der Waals surface area contributed by atoms with Gasteiger partial charge < -0.3 is 10.0 Å². The van der Waals surface area contributed by atoms with Crippen LogP contribution in [-0.4, -0.2) is 50.1 Å². The van der Waals surface area contributed by atoms with Crippen molar-refractivity contribution in [3.63, 3.8) is 0 Å². The van der Waals surface area contributed by atoms with E-state index < -0.39 is 0 Å². The first-order valence-electron chi connectivity index (χ1n) is 6.68. The van der Waals surface area contributed by atoms with Crippen molar-refractivity contribution in [2.45, 2.75) is 18.9 Å². The summed E-state index contributed by atoms with van der Waals surface area (Å²) in [7, 11) is 0. The highest BCUT2D eigenvalue weighted by atomic mass is 16.3. The standard InChI is InChI=1S/C14H16N4O2/c19-13-4-7-17(8-5-13)14(20)11-2-1-3-12(10-11)18-9-6-15-16-18/h1-3,6,9-10,13,19H,4-5,7-8H2. The lowest BCUT2D eigenvalue weighted by Crippen LogP contribution is -2.40. The number of amides is 1. The van der Waals surface area contributed by atoms with Crippen molar-refractivity contribution in [1.29, 1.82) is 0 Å². The van der Waals surface area contributed by atoms with Gasteiger partial charge in [-0.15, -0.1) is 5.10 Å². The van der Waals surface area contributed by atoms with Crippen LogP contribution in [0.25, 0.3) is 5.69 Å². The fourth-order valence-electron chi connectivity index (χ4n) is 2.38. The summed E-state index contributed by atoms with van der Waals surface area (Å²) in [6, 6.07) is 7.32. The number of hydrogen-bond acceptors (Lipinski definition) is 4. The molecular formula is C14H16N4O2. The largest absolute Gasteiger partial charge is 0.393 e. The zero-order valence-electron chi connectivity index (χ0n) is 11.0. The smallest absolute Gasteiger partial charge is 0.253 e. The molecule has 1 aromatic carbocycles. The number of aliphatic hydroxyl groups is 1. The Morgan fingerprint density at radius 3 is 2.80 bits per heavy atom. The molecule has 0 spiro atoms. The Morgan fingerprint density at radius 2 is 2.10 bits per heavy atom. The summed E-state index contributed by atoms with van der Waals surface area (Å²) in [5, 5.41) is 17.2. The van der Waals surface area contributed by atoms with Crippen LogP contribution in [0.1, 0.15) is 23.2 Å². The van der Waals surface area contributed by atoms with Gasteiger partial charge >= 0.3 is 0 Å². The second kappa shape index (κ2) is 5.42. The summed E-state index contributed by atoms with van der Waals surface area (Å²) < 4.78 is 1.62. The topological polar surface area (TPSA) is 71.2 Å². The van der Waals surface area contributed by atoms with Gasteiger partial charge in [-0.3, -0.25) is 4.79 Å². The summed E-state index contributed by atoms with van der Waals surface area (Å²) in [5.74, 6) is -0.00105. The number of rotatable bonds is 2. The van der Waals surface area contributed by atoms with Crippen LogP contribution in [0.15, 0.2) is 36.7 Å². The fraction of sp³-hybridized carbons (Fsp3) is 0.357. The van der Waals surface area contributed by atoms with E-state index in [0.29, 0.717) is 31.5 Å². The van der Waals surface area contributed by atoms with Crippen molar-refractivity contribution >= 4 is 5.91 Å². The lowest BCUT2D eigenvalue weighted by molar-refractivity contribution is 0.0546. The molecule has 20 heavy (non-hydrogen) atoms. The summed E-state index contributed by atoms with van der Waals surface area (Å²) >= 11 is 0. The number of likely N-dealkylation sites (tertiary alicyclic amines) is 1. The number of aliphatic hydroxyl groups excluding tert-OH is 1. The van der Waals surface area contributed by atoms with Gasteiger partial charge in [0.25, 0.3) is 5.91 Å². The molecule has 1 aliphatic heterocycles. The third-order valence-corrected chi connectivity index (χ3v) is 3.53. The number of carbonyl (C=O) groups excluding carboxylic acids is 1. The van der Waals surface area contributed by atoms with Crippen LogP contribution in [0.4, 0.5) is 0 Å².